The Balaban J connectivity index is 2.15. The van der Waals surface area contributed by atoms with Gasteiger partial charge in [-0.1, -0.05) is 12.1 Å². The molecule has 0 aliphatic heterocycles. The van der Waals surface area contributed by atoms with E-state index in [1.165, 1.54) is 0 Å². The number of aromatic nitrogens is 2. The van der Waals surface area contributed by atoms with Gasteiger partial charge in [0.25, 0.3) is 0 Å². The van der Waals surface area contributed by atoms with E-state index in [9.17, 15) is 4.79 Å². The first-order chi connectivity index (χ1) is 9.40. The van der Waals surface area contributed by atoms with Crippen LogP contribution in [0.4, 0.5) is 0 Å². The van der Waals surface area contributed by atoms with Crippen molar-refractivity contribution in [3.05, 3.63) is 30.1 Å². The zero-order valence-corrected chi connectivity index (χ0v) is 12.5. The zero-order chi connectivity index (χ0) is 14.8. The van der Waals surface area contributed by atoms with Gasteiger partial charge in [-0.3, -0.25) is 4.79 Å². The van der Waals surface area contributed by atoms with Crippen molar-refractivity contribution >= 4 is 16.8 Å². The van der Waals surface area contributed by atoms with E-state index in [-0.39, 0.29) is 11.3 Å². The topological polar surface area (TPSA) is 60.9 Å². The normalized spacial score (nSPS) is 12.0. The fourth-order valence-electron chi connectivity index (χ4n) is 2.34. The number of imidazole rings is 1. The molecule has 20 heavy (non-hydrogen) atoms. The standard InChI is InChI=1S/C16H23N3O/c1-4-19-14-8-6-5-7-13(14)18-15(19)11-12(20)9-10-16(2,3)17/h5-8H,4,9-11,17H2,1-3H3. The molecular weight excluding hydrogens is 250 g/mol. The quantitative estimate of drug-likeness (QED) is 0.880. The van der Waals surface area contributed by atoms with Crippen LogP contribution in [0.15, 0.2) is 24.3 Å². The molecule has 4 heteroatoms. The molecule has 0 saturated heterocycles. The number of hydrogen-bond acceptors (Lipinski definition) is 3. The van der Waals surface area contributed by atoms with Crippen LogP contribution in [0, 0.1) is 0 Å². The van der Waals surface area contributed by atoms with E-state index < -0.39 is 0 Å². The summed E-state index contributed by atoms with van der Waals surface area (Å²) in [6.45, 7) is 6.79. The Labute approximate surface area is 120 Å². The van der Waals surface area contributed by atoms with Gasteiger partial charge < -0.3 is 10.3 Å². The Morgan fingerprint density at radius 2 is 2.05 bits per heavy atom. The predicted molar refractivity (Wildman–Crippen MR) is 81.6 cm³/mol. The minimum atomic E-state index is -0.291. The first-order valence-electron chi connectivity index (χ1n) is 7.15. The number of nitrogens with zero attached hydrogens (tertiary/aromatic N) is 2. The monoisotopic (exact) mass is 273 g/mol. The molecular formula is C16H23N3O. The van der Waals surface area contributed by atoms with Gasteiger partial charge in [-0.15, -0.1) is 0 Å². The van der Waals surface area contributed by atoms with Crippen LogP contribution >= 0.6 is 0 Å². The minimum absolute atomic E-state index is 0.202. The molecule has 1 aromatic carbocycles. The molecule has 2 aromatic rings. The van der Waals surface area contributed by atoms with Gasteiger partial charge in [-0.2, -0.15) is 0 Å². The van der Waals surface area contributed by atoms with Crippen LogP contribution in [0.2, 0.25) is 0 Å². The van der Waals surface area contributed by atoms with Crippen LogP contribution in [-0.4, -0.2) is 20.9 Å². The van der Waals surface area contributed by atoms with Crippen LogP contribution in [0.1, 0.15) is 39.4 Å². The molecule has 1 heterocycles. The maximum atomic E-state index is 12.1. The predicted octanol–water partition coefficient (Wildman–Crippen LogP) is 2.69. The second-order valence-electron chi connectivity index (χ2n) is 5.97. The lowest BCUT2D eigenvalue weighted by Crippen LogP contribution is -2.32. The van der Waals surface area contributed by atoms with Gasteiger partial charge in [0.2, 0.25) is 0 Å². The Morgan fingerprint density at radius 1 is 1.35 bits per heavy atom. The molecule has 4 nitrogen and oxygen atoms in total. The Hall–Kier alpha value is -1.68. The number of rotatable bonds is 6. The average molecular weight is 273 g/mol. The van der Waals surface area contributed by atoms with Crippen molar-refractivity contribution in [1.29, 1.82) is 0 Å². The van der Waals surface area contributed by atoms with Crippen molar-refractivity contribution in [2.75, 3.05) is 0 Å². The van der Waals surface area contributed by atoms with Gasteiger partial charge in [-0.25, -0.2) is 4.98 Å². The van der Waals surface area contributed by atoms with E-state index in [1.807, 2.05) is 38.1 Å². The summed E-state index contributed by atoms with van der Waals surface area (Å²) in [5, 5.41) is 0. The molecule has 0 fully saturated rings. The van der Waals surface area contributed by atoms with Gasteiger partial charge >= 0.3 is 0 Å². The Bertz CT molecular complexity index is 608. The molecule has 0 aliphatic rings. The lowest BCUT2D eigenvalue weighted by molar-refractivity contribution is -0.118. The largest absolute Gasteiger partial charge is 0.328 e. The first-order valence-corrected chi connectivity index (χ1v) is 7.15. The van der Waals surface area contributed by atoms with Crippen molar-refractivity contribution in [2.45, 2.75) is 52.1 Å². The molecule has 0 amide bonds. The summed E-state index contributed by atoms with van der Waals surface area (Å²) in [6, 6.07) is 8.00. The molecule has 0 saturated carbocycles. The van der Waals surface area contributed by atoms with Crippen LogP contribution in [0.5, 0.6) is 0 Å². The third kappa shape index (κ3) is 3.45. The number of aryl methyl sites for hydroxylation is 1. The maximum absolute atomic E-state index is 12.1. The highest BCUT2D eigenvalue weighted by atomic mass is 16.1. The van der Waals surface area contributed by atoms with E-state index in [2.05, 4.69) is 16.5 Å². The van der Waals surface area contributed by atoms with E-state index in [4.69, 9.17) is 5.73 Å². The van der Waals surface area contributed by atoms with E-state index in [0.29, 0.717) is 19.3 Å². The highest BCUT2D eigenvalue weighted by Crippen LogP contribution is 2.17. The van der Waals surface area contributed by atoms with Crippen molar-refractivity contribution in [3.8, 4) is 0 Å². The number of para-hydroxylation sites is 2. The van der Waals surface area contributed by atoms with Gasteiger partial charge in [0.05, 0.1) is 17.5 Å². The first kappa shape index (κ1) is 14.7. The molecule has 0 bridgehead atoms. The number of nitrogens with two attached hydrogens (primary N) is 1. The second kappa shape index (κ2) is 5.75. The minimum Gasteiger partial charge on any atom is -0.328 e. The zero-order valence-electron chi connectivity index (χ0n) is 12.5. The van der Waals surface area contributed by atoms with Gasteiger partial charge in [0.15, 0.2) is 0 Å². The maximum Gasteiger partial charge on any atom is 0.140 e. The molecule has 0 unspecified atom stereocenters. The Morgan fingerprint density at radius 3 is 2.70 bits per heavy atom. The number of carbonyl (C=O) groups excluding carboxylic acids is 1. The number of fused-ring (bicyclic) bond motifs is 1. The third-order valence-corrected chi connectivity index (χ3v) is 3.45. The van der Waals surface area contributed by atoms with Crippen LogP contribution in [0.25, 0.3) is 11.0 Å². The van der Waals surface area contributed by atoms with Crippen LogP contribution < -0.4 is 5.73 Å². The number of benzene rings is 1. The fourth-order valence-corrected chi connectivity index (χ4v) is 2.34. The van der Waals surface area contributed by atoms with Crippen LogP contribution in [-0.2, 0) is 17.8 Å². The van der Waals surface area contributed by atoms with Crippen molar-refractivity contribution < 1.29 is 4.79 Å². The summed E-state index contributed by atoms with van der Waals surface area (Å²) in [5.41, 5.74) is 7.68. The summed E-state index contributed by atoms with van der Waals surface area (Å²) in [5.74, 6) is 1.06. The van der Waals surface area contributed by atoms with E-state index in [0.717, 1.165) is 23.4 Å². The number of hydrogen-bond donors (Lipinski definition) is 1. The Kier molecular flexibility index (Phi) is 4.23. The van der Waals surface area contributed by atoms with E-state index >= 15 is 0 Å². The highest BCUT2D eigenvalue weighted by molar-refractivity contribution is 5.82. The average Bonchev–Trinajstić information content (AvgIpc) is 2.72. The summed E-state index contributed by atoms with van der Waals surface area (Å²) in [6.07, 6.45) is 1.60. The molecule has 2 N–H and O–H groups in total. The SMILES string of the molecule is CCn1c(CC(=O)CCC(C)(C)N)nc2ccccc21. The second-order valence-corrected chi connectivity index (χ2v) is 5.97. The van der Waals surface area contributed by atoms with Crippen LogP contribution in [0.3, 0.4) is 0 Å². The summed E-state index contributed by atoms with van der Waals surface area (Å²) >= 11 is 0. The molecule has 108 valence electrons. The number of ketones is 1. The molecule has 0 aliphatic carbocycles. The third-order valence-electron chi connectivity index (χ3n) is 3.45. The molecule has 2 rings (SSSR count). The summed E-state index contributed by atoms with van der Waals surface area (Å²) < 4.78 is 2.11. The smallest absolute Gasteiger partial charge is 0.140 e. The fraction of sp³-hybridized carbons (Fsp3) is 0.500. The van der Waals surface area contributed by atoms with Crippen molar-refractivity contribution in [1.82, 2.24) is 9.55 Å². The van der Waals surface area contributed by atoms with Gasteiger partial charge in [0.1, 0.15) is 11.6 Å². The number of Topliss-reactive ketones (excluding diaryl/α,β-unsaturated/α-hetero) is 1. The van der Waals surface area contributed by atoms with E-state index in [1.54, 1.807) is 0 Å². The van der Waals surface area contributed by atoms with Gasteiger partial charge in [0, 0.05) is 18.5 Å². The lowest BCUT2D eigenvalue weighted by Gasteiger charge is -2.17. The molecule has 0 radical (unpaired) electrons. The summed E-state index contributed by atoms with van der Waals surface area (Å²) in [4.78, 5) is 16.7. The molecule has 0 atom stereocenters. The molecule has 0 spiro atoms. The number of carbonyl (C=O) groups is 1. The molecule has 1 aromatic heterocycles. The van der Waals surface area contributed by atoms with Crippen molar-refractivity contribution in [2.24, 2.45) is 5.73 Å². The summed E-state index contributed by atoms with van der Waals surface area (Å²) in [7, 11) is 0. The van der Waals surface area contributed by atoms with Gasteiger partial charge in [-0.05, 0) is 39.3 Å². The highest BCUT2D eigenvalue weighted by Gasteiger charge is 2.16. The lowest BCUT2D eigenvalue weighted by atomic mass is 9.97. The van der Waals surface area contributed by atoms with Crippen molar-refractivity contribution in [3.63, 3.8) is 0 Å².